The molecule has 0 radical (unpaired) electrons. The monoisotopic (exact) mass is 282 g/mol. The summed E-state index contributed by atoms with van der Waals surface area (Å²) in [4.78, 5) is 14.2. The van der Waals surface area contributed by atoms with Crippen LogP contribution in [-0.4, -0.2) is 46.3 Å². The van der Waals surface area contributed by atoms with Gasteiger partial charge in [-0.1, -0.05) is 0 Å². The molecule has 1 amide bonds. The lowest BCUT2D eigenvalue weighted by molar-refractivity contribution is -0.121. The minimum Gasteiger partial charge on any atom is -0.367 e. The molecule has 0 saturated carbocycles. The summed E-state index contributed by atoms with van der Waals surface area (Å²) in [5.74, 6) is 0.144. The summed E-state index contributed by atoms with van der Waals surface area (Å²) in [7, 11) is 1.92. The van der Waals surface area contributed by atoms with Gasteiger partial charge in [0.15, 0.2) is 0 Å². The quantitative estimate of drug-likeness (QED) is 0.903. The van der Waals surface area contributed by atoms with Crippen molar-refractivity contribution in [2.45, 2.75) is 31.1 Å². The second kappa shape index (κ2) is 6.32. The summed E-state index contributed by atoms with van der Waals surface area (Å²) in [6.45, 7) is 3.86. The summed E-state index contributed by atoms with van der Waals surface area (Å²) >= 11 is 1.58. The number of piperidine rings is 1. The molecule has 106 valence electrons. The summed E-state index contributed by atoms with van der Waals surface area (Å²) in [5, 5.41) is 7.37. The van der Waals surface area contributed by atoms with Gasteiger partial charge in [0.05, 0.1) is 17.1 Å². The van der Waals surface area contributed by atoms with Gasteiger partial charge in [0.1, 0.15) is 0 Å². The van der Waals surface area contributed by atoms with Crippen LogP contribution in [-0.2, 0) is 11.8 Å². The van der Waals surface area contributed by atoms with Crippen LogP contribution >= 0.6 is 11.8 Å². The average molecular weight is 282 g/mol. The predicted octanol–water partition coefficient (Wildman–Crippen LogP) is 1.26. The van der Waals surface area contributed by atoms with Crippen LogP contribution in [0.5, 0.6) is 0 Å². The second-order valence-electron chi connectivity index (χ2n) is 5.04. The Hall–Kier alpha value is -1.17. The van der Waals surface area contributed by atoms with Gasteiger partial charge in [0.25, 0.3) is 0 Å². The van der Waals surface area contributed by atoms with Gasteiger partial charge in [0.2, 0.25) is 5.91 Å². The first-order valence-corrected chi connectivity index (χ1v) is 7.95. The van der Waals surface area contributed by atoms with Crippen molar-refractivity contribution in [1.29, 1.82) is 0 Å². The number of nitrogens with zero attached hydrogens (tertiary/aromatic N) is 3. The number of hydrogen-bond donors (Lipinski definition) is 1. The SMILES string of the molecule is CS[C@@H](C)C(=O)N[C@H]1CCCN(c2cnn(C)c2)C1. The molecule has 1 saturated heterocycles. The third-order valence-corrected chi connectivity index (χ3v) is 4.47. The van der Waals surface area contributed by atoms with Gasteiger partial charge < -0.3 is 10.2 Å². The molecule has 2 rings (SSSR count). The summed E-state index contributed by atoms with van der Waals surface area (Å²) in [5.41, 5.74) is 1.14. The lowest BCUT2D eigenvalue weighted by Gasteiger charge is -2.34. The molecule has 1 aliphatic heterocycles. The van der Waals surface area contributed by atoms with Crippen molar-refractivity contribution in [2.75, 3.05) is 24.2 Å². The maximum atomic E-state index is 11.9. The molecule has 1 aliphatic rings. The predicted molar refractivity (Wildman–Crippen MR) is 79.6 cm³/mol. The standard InChI is InChI=1S/C13H22N4OS/c1-10(19-3)13(18)15-11-5-4-6-17(8-11)12-7-14-16(2)9-12/h7,9-11H,4-6,8H2,1-3H3,(H,15,18)/t10-,11-/m0/s1. The molecule has 1 N–H and O–H groups in total. The lowest BCUT2D eigenvalue weighted by atomic mass is 10.1. The van der Waals surface area contributed by atoms with Crippen molar-refractivity contribution < 1.29 is 4.79 Å². The molecule has 2 heterocycles. The number of anilines is 1. The van der Waals surface area contributed by atoms with Gasteiger partial charge in [-0.2, -0.15) is 16.9 Å². The Morgan fingerprint density at radius 1 is 1.63 bits per heavy atom. The van der Waals surface area contributed by atoms with E-state index in [1.165, 1.54) is 0 Å². The molecule has 19 heavy (non-hydrogen) atoms. The molecule has 0 spiro atoms. The fourth-order valence-corrected chi connectivity index (χ4v) is 2.61. The number of nitrogens with one attached hydrogen (secondary N) is 1. The third-order valence-electron chi connectivity index (χ3n) is 3.55. The average Bonchev–Trinajstić information content (AvgIpc) is 2.84. The Kier molecular flexibility index (Phi) is 4.74. The van der Waals surface area contributed by atoms with Crippen LogP contribution in [0.15, 0.2) is 12.4 Å². The maximum absolute atomic E-state index is 11.9. The number of aryl methyl sites for hydroxylation is 1. The molecule has 6 heteroatoms. The summed E-state index contributed by atoms with van der Waals surface area (Å²) in [6, 6.07) is 0.246. The van der Waals surface area contributed by atoms with Crippen LogP contribution < -0.4 is 10.2 Å². The minimum atomic E-state index is 0.0220. The number of thioether (sulfide) groups is 1. The highest BCUT2D eigenvalue weighted by Gasteiger charge is 2.23. The highest BCUT2D eigenvalue weighted by molar-refractivity contribution is 7.99. The van der Waals surface area contributed by atoms with E-state index in [9.17, 15) is 4.79 Å². The van der Waals surface area contributed by atoms with Gasteiger partial charge in [-0.3, -0.25) is 9.48 Å². The second-order valence-corrected chi connectivity index (χ2v) is 6.22. The molecule has 5 nitrogen and oxygen atoms in total. The molecule has 0 unspecified atom stereocenters. The van der Waals surface area contributed by atoms with Crippen LogP contribution in [0.1, 0.15) is 19.8 Å². The number of carbonyl (C=O) groups is 1. The number of hydrogen-bond acceptors (Lipinski definition) is 4. The Bertz CT molecular complexity index is 434. The Morgan fingerprint density at radius 3 is 3.05 bits per heavy atom. The largest absolute Gasteiger partial charge is 0.367 e. The minimum absolute atomic E-state index is 0.0220. The molecule has 1 aromatic rings. The van der Waals surface area contributed by atoms with Gasteiger partial charge in [0, 0.05) is 32.4 Å². The van der Waals surface area contributed by atoms with E-state index < -0.39 is 0 Å². The van der Waals surface area contributed by atoms with Crippen LogP contribution in [0.25, 0.3) is 0 Å². The highest BCUT2D eigenvalue weighted by Crippen LogP contribution is 2.19. The number of aromatic nitrogens is 2. The fraction of sp³-hybridized carbons (Fsp3) is 0.692. The Labute approximate surface area is 118 Å². The van der Waals surface area contributed by atoms with E-state index in [2.05, 4.69) is 15.3 Å². The molecule has 1 aromatic heterocycles. The van der Waals surface area contributed by atoms with E-state index in [-0.39, 0.29) is 17.2 Å². The molecule has 1 fully saturated rings. The molecular weight excluding hydrogens is 260 g/mol. The van der Waals surface area contributed by atoms with Crippen LogP contribution in [0, 0.1) is 0 Å². The van der Waals surface area contributed by atoms with E-state index in [0.29, 0.717) is 0 Å². The number of carbonyl (C=O) groups excluding carboxylic acids is 1. The molecular formula is C13H22N4OS. The van der Waals surface area contributed by atoms with Crippen LogP contribution in [0.4, 0.5) is 5.69 Å². The first kappa shape index (κ1) is 14.2. The third kappa shape index (κ3) is 3.65. The molecule has 0 aliphatic carbocycles. The summed E-state index contributed by atoms with van der Waals surface area (Å²) < 4.78 is 1.81. The van der Waals surface area contributed by atoms with Gasteiger partial charge in [-0.05, 0) is 26.0 Å². The summed E-state index contributed by atoms with van der Waals surface area (Å²) in [6.07, 6.45) is 8.04. The van der Waals surface area contributed by atoms with E-state index in [0.717, 1.165) is 31.6 Å². The molecule has 0 bridgehead atoms. The van der Waals surface area contributed by atoms with Crippen molar-refractivity contribution in [3.05, 3.63) is 12.4 Å². The van der Waals surface area contributed by atoms with Gasteiger partial charge in [-0.15, -0.1) is 0 Å². The maximum Gasteiger partial charge on any atom is 0.233 e. The van der Waals surface area contributed by atoms with Crippen molar-refractivity contribution in [2.24, 2.45) is 7.05 Å². The normalized spacial score (nSPS) is 21.2. The smallest absolute Gasteiger partial charge is 0.233 e. The van der Waals surface area contributed by atoms with Crippen molar-refractivity contribution in [3.63, 3.8) is 0 Å². The van der Waals surface area contributed by atoms with E-state index >= 15 is 0 Å². The van der Waals surface area contributed by atoms with E-state index in [1.54, 1.807) is 11.8 Å². The highest BCUT2D eigenvalue weighted by atomic mass is 32.2. The van der Waals surface area contributed by atoms with E-state index in [4.69, 9.17) is 0 Å². The van der Waals surface area contributed by atoms with Crippen LogP contribution in [0.3, 0.4) is 0 Å². The fourth-order valence-electron chi connectivity index (χ4n) is 2.33. The number of amides is 1. The topological polar surface area (TPSA) is 50.2 Å². The molecule has 0 aromatic carbocycles. The first-order chi connectivity index (χ1) is 9.10. The van der Waals surface area contributed by atoms with E-state index in [1.807, 2.05) is 37.3 Å². The Morgan fingerprint density at radius 2 is 2.42 bits per heavy atom. The zero-order chi connectivity index (χ0) is 13.8. The van der Waals surface area contributed by atoms with Crippen molar-refractivity contribution >= 4 is 23.4 Å². The van der Waals surface area contributed by atoms with Gasteiger partial charge >= 0.3 is 0 Å². The first-order valence-electron chi connectivity index (χ1n) is 6.67. The van der Waals surface area contributed by atoms with Crippen LogP contribution in [0.2, 0.25) is 0 Å². The van der Waals surface area contributed by atoms with Crippen molar-refractivity contribution in [1.82, 2.24) is 15.1 Å². The van der Waals surface area contributed by atoms with Gasteiger partial charge in [-0.25, -0.2) is 0 Å². The molecule has 2 atom stereocenters. The Balaban J connectivity index is 1.92. The zero-order valence-electron chi connectivity index (χ0n) is 11.8. The number of rotatable bonds is 4. The zero-order valence-corrected chi connectivity index (χ0v) is 12.6. The lowest BCUT2D eigenvalue weighted by Crippen LogP contribution is -2.49. The van der Waals surface area contributed by atoms with Crippen molar-refractivity contribution in [3.8, 4) is 0 Å².